The van der Waals surface area contributed by atoms with E-state index in [1.54, 1.807) is 14.2 Å². The van der Waals surface area contributed by atoms with Crippen molar-refractivity contribution in [1.82, 2.24) is 9.80 Å². The molecule has 2 aromatic carbocycles. The summed E-state index contributed by atoms with van der Waals surface area (Å²) in [5, 5.41) is 19.6. The minimum atomic E-state index is -0.146. The van der Waals surface area contributed by atoms with Crippen LogP contribution in [0.5, 0.6) is 11.5 Å². The normalized spacial score (nSPS) is 28.2. The number of benzene rings is 2. The first-order valence-corrected chi connectivity index (χ1v) is 18.7. The third kappa shape index (κ3) is 10.4. The molecule has 2 aliphatic carbocycles. The maximum absolute atomic E-state index is 9.82. The van der Waals surface area contributed by atoms with Gasteiger partial charge in [-0.3, -0.25) is 9.80 Å². The van der Waals surface area contributed by atoms with E-state index in [0.717, 1.165) is 89.4 Å². The van der Waals surface area contributed by atoms with E-state index in [1.807, 2.05) is 6.07 Å². The topological polar surface area (TPSA) is 83.9 Å². The Morgan fingerprint density at radius 3 is 1.58 bits per heavy atom. The van der Waals surface area contributed by atoms with E-state index in [1.165, 1.54) is 60.8 Å². The Balaban J connectivity index is 0.000000188. The van der Waals surface area contributed by atoms with Crippen molar-refractivity contribution in [2.24, 2.45) is 0 Å². The van der Waals surface area contributed by atoms with Crippen LogP contribution < -0.4 is 9.47 Å². The molecular formula is C40H62N2O6. The summed E-state index contributed by atoms with van der Waals surface area (Å²) in [5.74, 6) is 1.90. The first-order valence-electron chi connectivity index (χ1n) is 18.7. The molecule has 8 heteroatoms. The van der Waals surface area contributed by atoms with Gasteiger partial charge in [0.15, 0.2) is 0 Å². The van der Waals surface area contributed by atoms with Gasteiger partial charge < -0.3 is 29.2 Å². The number of methoxy groups -OCH3 is 2. The van der Waals surface area contributed by atoms with Crippen molar-refractivity contribution in [2.75, 3.05) is 53.6 Å². The van der Waals surface area contributed by atoms with Crippen molar-refractivity contribution in [2.45, 2.75) is 127 Å². The summed E-state index contributed by atoms with van der Waals surface area (Å²) < 4.78 is 23.3. The second kappa shape index (κ2) is 18.7. The number of aliphatic hydroxyl groups excluding tert-OH is 2. The van der Waals surface area contributed by atoms with Crippen LogP contribution in [0.2, 0.25) is 0 Å². The van der Waals surface area contributed by atoms with Crippen molar-refractivity contribution in [3.05, 3.63) is 58.7 Å². The minimum absolute atomic E-state index is 0.144. The summed E-state index contributed by atoms with van der Waals surface area (Å²) in [6, 6.07) is 13.7. The second-order valence-electron chi connectivity index (χ2n) is 14.5. The third-order valence-corrected chi connectivity index (χ3v) is 11.0. The largest absolute Gasteiger partial charge is 0.496 e. The van der Waals surface area contributed by atoms with Gasteiger partial charge in [-0.05, 0) is 99.6 Å². The number of nitrogens with zero attached hydrogens (tertiary/aromatic N) is 2. The molecule has 0 aromatic heterocycles. The predicted molar refractivity (Wildman–Crippen MR) is 191 cm³/mol. The number of rotatable bonds is 12. The number of likely N-dealkylation sites (tertiary alicyclic amines) is 2. The van der Waals surface area contributed by atoms with Crippen LogP contribution in [0.15, 0.2) is 36.4 Å². The minimum Gasteiger partial charge on any atom is -0.496 e. The maximum atomic E-state index is 9.82. The average molecular weight is 667 g/mol. The Bertz CT molecular complexity index is 1260. The fraction of sp³-hybridized carbons (Fsp3) is 0.700. The van der Waals surface area contributed by atoms with E-state index in [2.05, 4.69) is 54.0 Å². The molecule has 268 valence electrons. The van der Waals surface area contributed by atoms with Crippen LogP contribution in [0.3, 0.4) is 0 Å². The third-order valence-electron chi connectivity index (χ3n) is 11.0. The second-order valence-corrected chi connectivity index (χ2v) is 14.5. The van der Waals surface area contributed by atoms with Gasteiger partial charge in [-0.2, -0.15) is 0 Å². The number of aryl methyl sites for hydroxylation is 2. The Labute approximate surface area is 289 Å². The quantitative estimate of drug-likeness (QED) is 0.291. The van der Waals surface area contributed by atoms with E-state index in [4.69, 9.17) is 18.9 Å². The molecule has 48 heavy (non-hydrogen) atoms. The molecule has 0 amide bonds. The smallest absolute Gasteiger partial charge is 0.122 e. The van der Waals surface area contributed by atoms with Gasteiger partial charge in [-0.1, -0.05) is 49.9 Å². The van der Waals surface area contributed by atoms with Crippen LogP contribution >= 0.6 is 0 Å². The highest BCUT2D eigenvalue weighted by atomic mass is 16.5. The zero-order chi connectivity index (χ0) is 33.9. The molecule has 6 rings (SSSR count). The lowest BCUT2D eigenvalue weighted by Gasteiger charge is -2.37. The molecule has 0 radical (unpaired) electrons. The van der Waals surface area contributed by atoms with Crippen molar-refractivity contribution in [3.63, 3.8) is 0 Å². The molecule has 2 saturated carbocycles. The molecule has 0 unspecified atom stereocenters. The number of hydrogen-bond acceptors (Lipinski definition) is 8. The monoisotopic (exact) mass is 666 g/mol. The van der Waals surface area contributed by atoms with Gasteiger partial charge >= 0.3 is 0 Å². The van der Waals surface area contributed by atoms with Crippen LogP contribution in [-0.4, -0.2) is 110 Å². The maximum Gasteiger partial charge on any atom is 0.122 e. The number of ether oxygens (including phenoxy) is 4. The molecular weight excluding hydrogens is 604 g/mol. The van der Waals surface area contributed by atoms with Gasteiger partial charge in [-0.15, -0.1) is 0 Å². The van der Waals surface area contributed by atoms with Crippen molar-refractivity contribution in [3.8, 4) is 11.5 Å². The van der Waals surface area contributed by atoms with Gasteiger partial charge in [-0.25, -0.2) is 0 Å². The highest BCUT2D eigenvalue weighted by Gasteiger charge is 2.35. The Morgan fingerprint density at radius 1 is 0.604 bits per heavy atom. The number of aliphatic hydroxyl groups is 2. The summed E-state index contributed by atoms with van der Waals surface area (Å²) in [5.41, 5.74) is 4.91. The molecule has 2 N–H and O–H groups in total. The standard InChI is InChI=1S/2C20H31NO3/c1-15-13-16(7-8-19(15)23-2)10-12-24-20-6-4-3-5-18(20)21-11-9-17(22)14-21;1-15-7-8-16(13-20(15)23-2)10-12-24-19-6-4-3-5-18(19)21-11-9-17(22)14-21/h7-8,13,17-18,20,22H,3-6,9-12,14H2,1-2H3;7-8,13,17-19,22H,3-6,9-12,14H2,1-2H3/t17-,18-,20-;17-,18-,19-/m11/s1. The molecule has 2 heterocycles. The molecule has 2 aromatic rings. The van der Waals surface area contributed by atoms with Gasteiger partial charge in [0.05, 0.1) is 51.8 Å². The molecule has 4 aliphatic rings. The molecule has 0 spiro atoms. The van der Waals surface area contributed by atoms with Crippen LogP contribution in [0.1, 0.15) is 86.5 Å². The number of β-amino-alcohol motifs (C(OH)–C–C–N with tert-alkyl or cyclic N) is 2. The number of hydrogen-bond donors (Lipinski definition) is 2. The van der Waals surface area contributed by atoms with Gasteiger partial charge in [0.25, 0.3) is 0 Å². The van der Waals surface area contributed by atoms with Crippen LogP contribution in [0.25, 0.3) is 0 Å². The summed E-state index contributed by atoms with van der Waals surface area (Å²) in [7, 11) is 3.43. The van der Waals surface area contributed by atoms with E-state index in [9.17, 15) is 10.2 Å². The Kier molecular flexibility index (Phi) is 14.4. The molecule has 0 bridgehead atoms. The van der Waals surface area contributed by atoms with Gasteiger partial charge in [0.2, 0.25) is 0 Å². The first-order chi connectivity index (χ1) is 23.3. The lowest BCUT2D eigenvalue weighted by molar-refractivity contribution is -0.0317. The average Bonchev–Trinajstić information content (AvgIpc) is 3.74. The fourth-order valence-corrected chi connectivity index (χ4v) is 8.29. The summed E-state index contributed by atoms with van der Waals surface area (Å²) in [4.78, 5) is 4.90. The highest BCUT2D eigenvalue weighted by Crippen LogP contribution is 2.30. The molecule has 8 nitrogen and oxygen atoms in total. The summed E-state index contributed by atoms with van der Waals surface area (Å²) in [6.45, 7) is 9.34. The van der Waals surface area contributed by atoms with Gasteiger partial charge in [0, 0.05) is 38.3 Å². The molecule has 4 fully saturated rings. The lowest BCUT2D eigenvalue weighted by Crippen LogP contribution is -2.46. The van der Waals surface area contributed by atoms with E-state index in [-0.39, 0.29) is 12.2 Å². The first kappa shape index (κ1) is 37.1. The SMILES string of the molecule is COc1cc(CCO[C@@H]2CCCC[C@H]2N2CC[C@@H](O)C2)ccc1C.COc1ccc(CCO[C@@H]2CCCC[C@H]2N2CC[C@@H](O)C2)cc1C. The molecule has 6 atom stereocenters. The van der Waals surface area contributed by atoms with Crippen LogP contribution in [-0.2, 0) is 22.3 Å². The molecule has 2 aliphatic heterocycles. The van der Waals surface area contributed by atoms with Crippen molar-refractivity contribution in [1.29, 1.82) is 0 Å². The predicted octanol–water partition coefficient (Wildman–Crippen LogP) is 5.88. The van der Waals surface area contributed by atoms with Crippen molar-refractivity contribution < 1.29 is 29.2 Å². The van der Waals surface area contributed by atoms with Gasteiger partial charge in [0.1, 0.15) is 11.5 Å². The van der Waals surface area contributed by atoms with Crippen LogP contribution in [0.4, 0.5) is 0 Å². The van der Waals surface area contributed by atoms with Crippen molar-refractivity contribution >= 4 is 0 Å². The zero-order valence-electron chi connectivity index (χ0n) is 30.1. The summed E-state index contributed by atoms with van der Waals surface area (Å²) in [6.07, 6.45) is 13.8. The zero-order valence-corrected chi connectivity index (χ0v) is 30.1. The summed E-state index contributed by atoms with van der Waals surface area (Å²) >= 11 is 0. The lowest BCUT2D eigenvalue weighted by atomic mass is 9.91. The van der Waals surface area contributed by atoms with E-state index in [0.29, 0.717) is 24.3 Å². The highest BCUT2D eigenvalue weighted by molar-refractivity contribution is 5.37. The van der Waals surface area contributed by atoms with Crippen LogP contribution in [0, 0.1) is 13.8 Å². The van der Waals surface area contributed by atoms with E-state index >= 15 is 0 Å². The van der Waals surface area contributed by atoms with E-state index < -0.39 is 0 Å². The Morgan fingerprint density at radius 2 is 1.10 bits per heavy atom. The fourth-order valence-electron chi connectivity index (χ4n) is 8.29. The Hall–Kier alpha value is -2.20. The molecule has 2 saturated heterocycles.